The van der Waals surface area contributed by atoms with Crippen LogP contribution < -0.4 is 5.32 Å². The zero-order valence-corrected chi connectivity index (χ0v) is 15.3. The number of ether oxygens (including phenoxy) is 1. The van der Waals surface area contributed by atoms with E-state index >= 15 is 0 Å². The number of aromatic nitrogens is 1. The Bertz CT molecular complexity index is 896. The van der Waals surface area contributed by atoms with E-state index in [1.807, 2.05) is 46.3 Å². The Morgan fingerprint density at radius 3 is 3.04 bits per heavy atom. The molecule has 0 spiro atoms. The van der Waals surface area contributed by atoms with E-state index in [2.05, 4.69) is 5.32 Å². The number of halogens is 1. The highest BCUT2D eigenvalue weighted by Gasteiger charge is 2.20. The van der Waals surface area contributed by atoms with Gasteiger partial charge in [0.25, 0.3) is 5.91 Å². The van der Waals surface area contributed by atoms with E-state index in [9.17, 15) is 4.79 Å². The Kier molecular flexibility index (Phi) is 4.79. The van der Waals surface area contributed by atoms with Gasteiger partial charge in [0.1, 0.15) is 5.69 Å². The number of amides is 1. The maximum absolute atomic E-state index is 12.7. The molecule has 3 heterocycles. The van der Waals surface area contributed by atoms with E-state index in [1.54, 1.807) is 11.3 Å². The average Bonchev–Trinajstić information content (AvgIpc) is 3.33. The van der Waals surface area contributed by atoms with Crippen molar-refractivity contribution < 1.29 is 9.53 Å². The molecule has 0 aliphatic carbocycles. The number of fused-ring (bicyclic) bond motifs is 1. The molecular weight excluding hydrogens is 356 g/mol. The molecule has 2 aromatic heterocycles. The summed E-state index contributed by atoms with van der Waals surface area (Å²) >= 11 is 7.96. The van der Waals surface area contributed by atoms with Crippen molar-refractivity contribution in [3.05, 3.63) is 58.1 Å². The third kappa shape index (κ3) is 3.45. The highest BCUT2D eigenvalue weighted by Crippen LogP contribution is 2.27. The summed E-state index contributed by atoms with van der Waals surface area (Å²) in [5, 5.41) is 5.78. The number of nitrogens with zero attached hydrogens (tertiary/aromatic N) is 1. The minimum absolute atomic E-state index is 0.0639. The smallest absolute Gasteiger partial charge is 0.268 e. The van der Waals surface area contributed by atoms with E-state index in [0.717, 1.165) is 35.2 Å². The van der Waals surface area contributed by atoms with Gasteiger partial charge in [0, 0.05) is 24.7 Å². The number of rotatable bonds is 5. The normalized spacial score (nSPS) is 17.2. The maximum atomic E-state index is 12.7. The molecule has 25 heavy (non-hydrogen) atoms. The second-order valence-electron chi connectivity index (χ2n) is 6.22. The second kappa shape index (κ2) is 7.20. The van der Waals surface area contributed by atoms with E-state index < -0.39 is 0 Å². The molecule has 1 unspecified atom stereocenters. The molecule has 6 heteroatoms. The molecule has 1 N–H and O–H groups in total. The van der Waals surface area contributed by atoms with Crippen LogP contribution in [0.2, 0.25) is 5.02 Å². The Balaban J connectivity index is 1.60. The van der Waals surface area contributed by atoms with Crippen molar-refractivity contribution in [2.24, 2.45) is 0 Å². The van der Waals surface area contributed by atoms with Crippen molar-refractivity contribution in [3.8, 4) is 0 Å². The predicted octanol–water partition coefficient (Wildman–Crippen LogP) is 4.31. The van der Waals surface area contributed by atoms with E-state index in [4.69, 9.17) is 16.3 Å². The lowest BCUT2D eigenvalue weighted by atomic mass is 10.2. The van der Waals surface area contributed by atoms with Gasteiger partial charge in [-0.05, 0) is 42.0 Å². The van der Waals surface area contributed by atoms with Crippen molar-refractivity contribution in [3.63, 3.8) is 0 Å². The highest BCUT2D eigenvalue weighted by atomic mass is 35.5. The van der Waals surface area contributed by atoms with Crippen molar-refractivity contribution >= 4 is 39.1 Å². The summed E-state index contributed by atoms with van der Waals surface area (Å²) in [5.74, 6) is -0.0639. The summed E-state index contributed by atoms with van der Waals surface area (Å²) in [5.41, 5.74) is 2.73. The van der Waals surface area contributed by atoms with Crippen molar-refractivity contribution in [1.82, 2.24) is 9.88 Å². The van der Waals surface area contributed by atoms with Crippen molar-refractivity contribution in [2.75, 3.05) is 13.2 Å². The van der Waals surface area contributed by atoms with Crippen LogP contribution >= 0.6 is 22.9 Å². The van der Waals surface area contributed by atoms with Gasteiger partial charge in [-0.1, -0.05) is 29.8 Å². The molecule has 4 rings (SSSR count). The van der Waals surface area contributed by atoms with Crippen molar-refractivity contribution in [2.45, 2.75) is 25.5 Å². The van der Waals surface area contributed by atoms with Gasteiger partial charge < -0.3 is 14.6 Å². The van der Waals surface area contributed by atoms with Crippen LogP contribution in [0.15, 0.2) is 41.8 Å². The molecule has 1 amide bonds. The molecule has 1 saturated heterocycles. The number of carbonyl (C=O) groups excluding carboxylic acids is 1. The maximum Gasteiger partial charge on any atom is 0.268 e. The SMILES string of the molecule is O=C(NCC1CCCO1)c1cc2sccc2n1Cc1ccccc1Cl. The highest BCUT2D eigenvalue weighted by molar-refractivity contribution is 7.17. The Hall–Kier alpha value is -1.82. The van der Waals surface area contributed by atoms with Gasteiger partial charge in [0.2, 0.25) is 0 Å². The first-order chi connectivity index (χ1) is 12.2. The minimum atomic E-state index is -0.0639. The van der Waals surface area contributed by atoms with Gasteiger partial charge in [-0.25, -0.2) is 0 Å². The topological polar surface area (TPSA) is 43.3 Å². The van der Waals surface area contributed by atoms with Crippen LogP contribution in [0.1, 0.15) is 28.9 Å². The number of hydrogen-bond acceptors (Lipinski definition) is 3. The van der Waals surface area contributed by atoms with Crippen LogP contribution in [0.3, 0.4) is 0 Å². The van der Waals surface area contributed by atoms with Crippen molar-refractivity contribution in [1.29, 1.82) is 0 Å². The quantitative estimate of drug-likeness (QED) is 0.723. The van der Waals surface area contributed by atoms with E-state index in [-0.39, 0.29) is 12.0 Å². The van der Waals surface area contributed by atoms with Gasteiger partial charge in [-0.2, -0.15) is 0 Å². The molecule has 0 bridgehead atoms. The Morgan fingerprint density at radius 1 is 1.36 bits per heavy atom. The first-order valence-electron chi connectivity index (χ1n) is 8.42. The minimum Gasteiger partial charge on any atom is -0.376 e. The van der Waals surface area contributed by atoms with Gasteiger partial charge in [-0.3, -0.25) is 4.79 Å². The zero-order valence-electron chi connectivity index (χ0n) is 13.7. The Labute approximate surface area is 155 Å². The molecule has 0 radical (unpaired) electrons. The number of nitrogens with one attached hydrogen (secondary N) is 1. The third-order valence-corrected chi connectivity index (χ3v) is 5.78. The molecule has 1 atom stereocenters. The largest absolute Gasteiger partial charge is 0.376 e. The molecule has 1 aliphatic rings. The van der Waals surface area contributed by atoms with Crippen LogP contribution in [-0.4, -0.2) is 29.7 Å². The summed E-state index contributed by atoms with van der Waals surface area (Å²) in [6.07, 6.45) is 2.21. The van der Waals surface area contributed by atoms with Crippen LogP contribution in [0.25, 0.3) is 10.2 Å². The summed E-state index contributed by atoms with van der Waals surface area (Å²) in [7, 11) is 0. The molecule has 130 valence electrons. The first-order valence-corrected chi connectivity index (χ1v) is 9.68. The monoisotopic (exact) mass is 374 g/mol. The fourth-order valence-corrected chi connectivity index (χ4v) is 4.25. The number of thiophene rings is 1. The number of benzene rings is 1. The summed E-state index contributed by atoms with van der Waals surface area (Å²) in [4.78, 5) is 12.7. The molecule has 0 saturated carbocycles. The fraction of sp³-hybridized carbons (Fsp3) is 0.316. The van der Waals surface area contributed by atoms with Gasteiger partial charge in [0.05, 0.1) is 16.3 Å². The van der Waals surface area contributed by atoms with Gasteiger partial charge >= 0.3 is 0 Å². The second-order valence-corrected chi connectivity index (χ2v) is 7.58. The van der Waals surface area contributed by atoms with Gasteiger partial charge in [0.15, 0.2) is 0 Å². The molecular formula is C19H19ClN2O2S. The van der Waals surface area contributed by atoms with E-state index in [0.29, 0.717) is 23.8 Å². The van der Waals surface area contributed by atoms with Gasteiger partial charge in [-0.15, -0.1) is 11.3 Å². The lowest BCUT2D eigenvalue weighted by Gasteiger charge is -2.14. The molecule has 3 aromatic rings. The zero-order chi connectivity index (χ0) is 17.2. The van der Waals surface area contributed by atoms with Crippen LogP contribution in [0, 0.1) is 0 Å². The molecule has 4 nitrogen and oxygen atoms in total. The summed E-state index contributed by atoms with van der Waals surface area (Å²) in [6.45, 7) is 1.92. The van der Waals surface area contributed by atoms with Crippen LogP contribution in [-0.2, 0) is 11.3 Å². The fourth-order valence-electron chi connectivity index (χ4n) is 3.23. The summed E-state index contributed by atoms with van der Waals surface area (Å²) in [6, 6.07) is 11.8. The molecule has 1 aliphatic heterocycles. The number of hydrogen-bond donors (Lipinski definition) is 1. The number of carbonyl (C=O) groups is 1. The lowest BCUT2D eigenvalue weighted by molar-refractivity contribution is 0.0851. The standard InChI is InChI=1S/C19H19ClN2O2S/c20-15-6-2-1-4-13(15)12-22-16-7-9-25-18(16)10-17(22)19(23)21-11-14-5-3-8-24-14/h1-2,4,6-7,9-10,14H,3,5,8,11-12H2,(H,21,23). The van der Waals surface area contributed by atoms with E-state index in [1.165, 1.54) is 0 Å². The third-order valence-electron chi connectivity index (χ3n) is 4.56. The molecule has 1 aromatic carbocycles. The molecule has 1 fully saturated rings. The predicted molar refractivity (Wildman–Crippen MR) is 102 cm³/mol. The van der Waals surface area contributed by atoms with Crippen LogP contribution in [0.4, 0.5) is 0 Å². The summed E-state index contributed by atoms with van der Waals surface area (Å²) < 4.78 is 8.73. The van der Waals surface area contributed by atoms with Crippen LogP contribution in [0.5, 0.6) is 0 Å². The first kappa shape index (κ1) is 16.6. The lowest BCUT2D eigenvalue weighted by Crippen LogP contribution is -2.33. The Morgan fingerprint density at radius 2 is 2.24 bits per heavy atom. The average molecular weight is 375 g/mol.